The summed E-state index contributed by atoms with van der Waals surface area (Å²) in [5.74, 6) is 0.515. The molecule has 0 radical (unpaired) electrons. The Balaban J connectivity index is 0.000000186. The highest BCUT2D eigenvalue weighted by Gasteiger charge is 2.14. The van der Waals surface area contributed by atoms with Gasteiger partial charge < -0.3 is 16.0 Å². The maximum atomic E-state index is 5.99. The lowest BCUT2D eigenvalue weighted by Gasteiger charge is -2.29. The number of hydrogen-bond donors (Lipinski definition) is 2. The summed E-state index contributed by atoms with van der Waals surface area (Å²) in [5.41, 5.74) is 14.0. The van der Waals surface area contributed by atoms with Gasteiger partial charge in [-0.05, 0) is 55.2 Å². The van der Waals surface area contributed by atoms with E-state index in [4.69, 9.17) is 5.73 Å². The normalized spacial score (nSPS) is 12.7. The Kier molecular flexibility index (Phi) is 10.1. The van der Waals surface area contributed by atoms with Gasteiger partial charge in [0.15, 0.2) is 5.82 Å². The second-order valence-electron chi connectivity index (χ2n) is 9.70. The second kappa shape index (κ2) is 14.1. The molecule has 1 fully saturated rings. The van der Waals surface area contributed by atoms with Gasteiger partial charge in [-0.15, -0.1) is 6.58 Å². The van der Waals surface area contributed by atoms with Crippen LogP contribution in [0, 0.1) is 6.92 Å². The number of rotatable bonds is 5. The number of nitrogens with one attached hydrogen (secondary N) is 1. The molecule has 3 N–H and O–H groups in total. The second-order valence-corrected chi connectivity index (χ2v) is 9.70. The fourth-order valence-electron chi connectivity index (χ4n) is 4.67. The molecule has 0 aliphatic carbocycles. The van der Waals surface area contributed by atoms with Crippen molar-refractivity contribution in [3.05, 3.63) is 109 Å². The molecule has 0 unspecified atom stereocenters. The van der Waals surface area contributed by atoms with Crippen molar-refractivity contribution >= 4 is 17.0 Å². The molecule has 0 amide bonds. The Labute approximate surface area is 237 Å². The Bertz CT molecular complexity index is 1480. The van der Waals surface area contributed by atoms with E-state index < -0.39 is 0 Å². The summed E-state index contributed by atoms with van der Waals surface area (Å²) < 4.78 is 3.85. The number of piperazine rings is 1. The highest BCUT2D eigenvalue weighted by atomic mass is 15.3. The van der Waals surface area contributed by atoms with Crippen molar-refractivity contribution in [1.29, 1.82) is 0 Å². The van der Waals surface area contributed by atoms with E-state index in [1.807, 2.05) is 35.3 Å². The third-order valence-corrected chi connectivity index (χ3v) is 6.70. The van der Waals surface area contributed by atoms with E-state index in [9.17, 15) is 0 Å². The van der Waals surface area contributed by atoms with Crippen LogP contribution in [-0.4, -0.2) is 50.6 Å². The molecule has 0 bridgehead atoms. The lowest BCUT2D eigenvalue weighted by atomic mass is 10.1. The van der Waals surface area contributed by atoms with Crippen LogP contribution in [0.2, 0.25) is 0 Å². The molecule has 3 aromatic heterocycles. The minimum absolute atomic E-state index is 0.515. The average Bonchev–Trinajstić information content (AvgIpc) is 3.59. The van der Waals surface area contributed by atoms with Crippen molar-refractivity contribution in [2.45, 2.75) is 33.7 Å². The van der Waals surface area contributed by atoms with E-state index in [1.54, 1.807) is 6.08 Å². The van der Waals surface area contributed by atoms with E-state index in [0.717, 1.165) is 61.5 Å². The average molecular weight is 537 g/mol. The quantitative estimate of drug-likeness (QED) is 0.293. The molecule has 2 aromatic carbocycles. The van der Waals surface area contributed by atoms with Crippen molar-refractivity contribution in [3.8, 4) is 11.3 Å². The lowest BCUT2D eigenvalue weighted by Crippen LogP contribution is -2.43. The molecular weight excluding hydrogens is 496 g/mol. The SMILES string of the molecule is C=CC.CCc1cnn(Cc2ccccc2)c1.Cc1cc(-c2ccc(N3CCNCC3)cc2)n2ncnc(N)c12. The summed E-state index contributed by atoms with van der Waals surface area (Å²) in [6, 6.07) is 21.2. The minimum atomic E-state index is 0.515. The number of hydrogen-bond acceptors (Lipinski definition) is 6. The standard InChI is InChI=1S/C17H20N6.C12H14N2.C3H6/c1-12-10-15(23-16(12)17(18)20-11-21-23)13-2-4-14(5-3-13)22-8-6-19-7-9-22;1-2-11-8-13-14(9-11)10-12-6-4-3-5-7-12;1-3-2/h2-5,10-11,19H,6-9H2,1H3,(H2,18,20,21);3-9H,2,10H2,1H3;3H,1H2,2H3. The van der Waals surface area contributed by atoms with Gasteiger partial charge in [0.2, 0.25) is 0 Å². The summed E-state index contributed by atoms with van der Waals surface area (Å²) in [6.07, 6.45) is 8.34. The molecule has 1 aliphatic heterocycles. The number of nitrogen functional groups attached to an aromatic ring is 1. The van der Waals surface area contributed by atoms with Gasteiger partial charge in [-0.1, -0.05) is 55.5 Å². The molecular formula is C32H40N8. The predicted octanol–water partition coefficient (Wildman–Crippen LogP) is 5.38. The molecule has 0 spiro atoms. The molecule has 1 aliphatic rings. The van der Waals surface area contributed by atoms with Gasteiger partial charge in [0, 0.05) is 43.6 Å². The maximum absolute atomic E-state index is 5.99. The molecule has 0 atom stereocenters. The highest BCUT2D eigenvalue weighted by Crippen LogP contribution is 2.28. The van der Waals surface area contributed by atoms with E-state index in [1.165, 1.54) is 23.1 Å². The zero-order valence-electron chi connectivity index (χ0n) is 23.8. The van der Waals surface area contributed by atoms with Crippen LogP contribution in [0.15, 0.2) is 92.0 Å². The van der Waals surface area contributed by atoms with Gasteiger partial charge in [-0.3, -0.25) is 4.68 Å². The monoisotopic (exact) mass is 536 g/mol. The highest BCUT2D eigenvalue weighted by molar-refractivity contribution is 5.77. The first-order chi connectivity index (χ1) is 19.5. The number of benzene rings is 2. The van der Waals surface area contributed by atoms with Crippen LogP contribution >= 0.6 is 0 Å². The summed E-state index contributed by atoms with van der Waals surface area (Å²) in [7, 11) is 0. The number of aryl methyl sites for hydroxylation is 2. The molecule has 0 saturated carbocycles. The van der Waals surface area contributed by atoms with Crippen molar-refractivity contribution in [2.75, 3.05) is 36.8 Å². The van der Waals surface area contributed by atoms with E-state index in [-0.39, 0.29) is 0 Å². The van der Waals surface area contributed by atoms with Crippen LogP contribution in [-0.2, 0) is 13.0 Å². The Morgan fingerprint density at radius 3 is 2.35 bits per heavy atom. The van der Waals surface area contributed by atoms with Gasteiger partial charge in [0.1, 0.15) is 11.8 Å². The van der Waals surface area contributed by atoms with Crippen molar-refractivity contribution < 1.29 is 0 Å². The van der Waals surface area contributed by atoms with Crippen LogP contribution in [0.4, 0.5) is 11.5 Å². The summed E-state index contributed by atoms with van der Waals surface area (Å²) in [6.45, 7) is 14.5. The van der Waals surface area contributed by atoms with Crippen LogP contribution < -0.4 is 16.0 Å². The number of nitrogens with zero attached hydrogens (tertiary/aromatic N) is 6. The fourth-order valence-corrected chi connectivity index (χ4v) is 4.67. The van der Waals surface area contributed by atoms with Crippen LogP contribution in [0.5, 0.6) is 0 Å². The van der Waals surface area contributed by atoms with E-state index in [2.05, 4.69) is 99.7 Å². The third-order valence-electron chi connectivity index (χ3n) is 6.70. The van der Waals surface area contributed by atoms with Gasteiger partial charge in [0.25, 0.3) is 0 Å². The first-order valence-corrected chi connectivity index (χ1v) is 13.8. The molecule has 4 heterocycles. The zero-order valence-corrected chi connectivity index (χ0v) is 23.8. The number of anilines is 2. The van der Waals surface area contributed by atoms with Gasteiger partial charge in [0.05, 0.1) is 18.4 Å². The van der Waals surface area contributed by atoms with Gasteiger partial charge in [-0.2, -0.15) is 10.2 Å². The van der Waals surface area contributed by atoms with Gasteiger partial charge in [-0.25, -0.2) is 9.50 Å². The first-order valence-electron chi connectivity index (χ1n) is 13.8. The zero-order chi connectivity index (χ0) is 28.3. The van der Waals surface area contributed by atoms with Crippen molar-refractivity contribution in [1.82, 2.24) is 29.7 Å². The smallest absolute Gasteiger partial charge is 0.151 e. The summed E-state index contributed by atoms with van der Waals surface area (Å²) >= 11 is 0. The Morgan fingerprint density at radius 1 is 1.00 bits per heavy atom. The van der Waals surface area contributed by atoms with Gasteiger partial charge >= 0.3 is 0 Å². The summed E-state index contributed by atoms with van der Waals surface area (Å²) in [4.78, 5) is 6.49. The van der Waals surface area contributed by atoms with Crippen LogP contribution in [0.3, 0.4) is 0 Å². The molecule has 208 valence electrons. The Hall–Kier alpha value is -4.43. The molecule has 5 aromatic rings. The number of allylic oxidation sites excluding steroid dienone is 1. The van der Waals surface area contributed by atoms with E-state index >= 15 is 0 Å². The number of nitrogens with two attached hydrogens (primary N) is 1. The Morgan fingerprint density at radius 2 is 1.70 bits per heavy atom. The minimum Gasteiger partial charge on any atom is -0.382 e. The summed E-state index contributed by atoms with van der Waals surface area (Å²) in [5, 5.41) is 12.0. The topological polar surface area (TPSA) is 89.3 Å². The maximum Gasteiger partial charge on any atom is 0.151 e. The number of aromatic nitrogens is 5. The van der Waals surface area contributed by atoms with Crippen LogP contribution in [0.1, 0.15) is 30.5 Å². The van der Waals surface area contributed by atoms with Crippen LogP contribution in [0.25, 0.3) is 16.8 Å². The number of fused-ring (bicyclic) bond motifs is 1. The molecule has 40 heavy (non-hydrogen) atoms. The largest absolute Gasteiger partial charge is 0.382 e. The lowest BCUT2D eigenvalue weighted by molar-refractivity contribution is 0.589. The third kappa shape index (κ3) is 7.15. The molecule has 6 rings (SSSR count). The van der Waals surface area contributed by atoms with E-state index in [0.29, 0.717) is 5.82 Å². The van der Waals surface area contributed by atoms with Crippen molar-refractivity contribution in [3.63, 3.8) is 0 Å². The molecule has 8 heteroatoms. The molecule has 1 saturated heterocycles. The first kappa shape index (κ1) is 28.6. The van der Waals surface area contributed by atoms with Crippen molar-refractivity contribution in [2.24, 2.45) is 0 Å². The fraction of sp³-hybridized carbons (Fsp3) is 0.281. The molecule has 8 nitrogen and oxygen atoms in total. The predicted molar refractivity (Wildman–Crippen MR) is 166 cm³/mol.